The largest absolute Gasteiger partial charge is 0.496 e. The van der Waals surface area contributed by atoms with Crippen LogP contribution in [0.5, 0.6) is 5.75 Å². The summed E-state index contributed by atoms with van der Waals surface area (Å²) in [5, 5.41) is 0. The molecule has 1 rings (SSSR count). The minimum atomic E-state index is -0.371. The molecule has 0 aliphatic rings. The molecule has 1 amide bonds. The first kappa shape index (κ1) is 14.2. The molecule has 0 spiro atoms. The zero-order valence-electron chi connectivity index (χ0n) is 10.4. The van der Waals surface area contributed by atoms with Crippen LogP contribution in [0, 0.1) is 5.82 Å². The second-order valence-electron chi connectivity index (χ2n) is 3.72. The molecule has 0 fully saturated rings. The van der Waals surface area contributed by atoms with Gasteiger partial charge in [0.25, 0.3) is 0 Å². The highest BCUT2D eigenvalue weighted by molar-refractivity contribution is 5.78. The Morgan fingerprint density at radius 1 is 1.61 bits per heavy atom. The Morgan fingerprint density at radius 2 is 2.33 bits per heavy atom. The number of rotatable bonds is 6. The van der Waals surface area contributed by atoms with Crippen molar-refractivity contribution in [2.24, 2.45) is 5.73 Å². The quantitative estimate of drug-likeness (QED) is 0.777. The molecule has 4 nitrogen and oxygen atoms in total. The number of hydrogen-bond donors (Lipinski definition) is 1. The highest BCUT2D eigenvalue weighted by Gasteiger charge is 2.14. The number of carbonyl (C=O) groups excluding carboxylic acids is 1. The third-order valence-electron chi connectivity index (χ3n) is 2.48. The predicted octanol–water partition coefficient (Wildman–Crippen LogP) is 1.31. The van der Waals surface area contributed by atoms with Gasteiger partial charge >= 0.3 is 0 Å². The maximum atomic E-state index is 13.2. The molecular weight excluding hydrogens is 235 g/mol. The molecule has 1 aromatic carbocycles. The van der Waals surface area contributed by atoms with E-state index in [-0.39, 0.29) is 24.8 Å². The van der Waals surface area contributed by atoms with Crippen LogP contribution in [0.15, 0.2) is 30.9 Å². The minimum Gasteiger partial charge on any atom is -0.496 e. The van der Waals surface area contributed by atoms with Crippen molar-refractivity contribution in [2.75, 3.05) is 20.2 Å². The monoisotopic (exact) mass is 252 g/mol. The van der Waals surface area contributed by atoms with Crippen molar-refractivity contribution in [2.45, 2.75) is 6.54 Å². The zero-order chi connectivity index (χ0) is 13.5. The molecule has 0 aromatic heterocycles. The van der Waals surface area contributed by atoms with Gasteiger partial charge in [0.2, 0.25) is 5.91 Å². The molecular formula is C13H17FN2O2. The number of benzene rings is 1. The number of amides is 1. The molecule has 0 saturated heterocycles. The molecule has 0 radical (unpaired) electrons. The number of nitrogens with two attached hydrogens (primary N) is 1. The molecule has 0 aliphatic heterocycles. The van der Waals surface area contributed by atoms with Crippen molar-refractivity contribution >= 4 is 5.91 Å². The lowest BCUT2D eigenvalue weighted by Gasteiger charge is -2.21. The highest BCUT2D eigenvalue weighted by atomic mass is 19.1. The summed E-state index contributed by atoms with van der Waals surface area (Å²) in [6.45, 7) is 4.08. The van der Waals surface area contributed by atoms with E-state index < -0.39 is 0 Å². The maximum absolute atomic E-state index is 13.2. The standard InChI is InChI=1S/C13H17FN2O2/c1-3-6-16(13(17)8-15)9-10-7-11(14)4-5-12(10)18-2/h3-5,7H,1,6,8-9,15H2,2H3. The van der Waals surface area contributed by atoms with E-state index in [9.17, 15) is 9.18 Å². The van der Waals surface area contributed by atoms with Gasteiger partial charge in [0.15, 0.2) is 0 Å². The Labute approximate surface area is 106 Å². The van der Waals surface area contributed by atoms with E-state index in [0.29, 0.717) is 17.9 Å². The van der Waals surface area contributed by atoms with Gasteiger partial charge in [0.1, 0.15) is 11.6 Å². The van der Waals surface area contributed by atoms with Gasteiger partial charge in [-0.15, -0.1) is 6.58 Å². The van der Waals surface area contributed by atoms with Crippen molar-refractivity contribution in [3.8, 4) is 5.75 Å². The van der Waals surface area contributed by atoms with E-state index in [1.165, 1.54) is 30.2 Å². The van der Waals surface area contributed by atoms with Gasteiger partial charge in [-0.1, -0.05) is 6.08 Å². The van der Waals surface area contributed by atoms with E-state index in [2.05, 4.69) is 6.58 Å². The maximum Gasteiger partial charge on any atom is 0.236 e. The molecule has 0 bridgehead atoms. The van der Waals surface area contributed by atoms with Crippen LogP contribution in [-0.2, 0) is 11.3 Å². The molecule has 0 heterocycles. The smallest absolute Gasteiger partial charge is 0.236 e. The summed E-state index contributed by atoms with van der Waals surface area (Å²) in [6.07, 6.45) is 1.60. The van der Waals surface area contributed by atoms with Crippen molar-refractivity contribution in [3.05, 3.63) is 42.2 Å². The summed E-state index contributed by atoms with van der Waals surface area (Å²) in [4.78, 5) is 13.1. The molecule has 18 heavy (non-hydrogen) atoms. The molecule has 98 valence electrons. The third kappa shape index (κ3) is 3.56. The molecule has 0 aliphatic carbocycles. The number of carbonyl (C=O) groups is 1. The molecule has 0 saturated carbocycles. The minimum absolute atomic E-state index is 0.0918. The summed E-state index contributed by atoms with van der Waals surface area (Å²) in [5.74, 6) is -0.0546. The van der Waals surface area contributed by atoms with Gasteiger partial charge in [0, 0.05) is 18.7 Å². The predicted molar refractivity (Wildman–Crippen MR) is 67.6 cm³/mol. The highest BCUT2D eigenvalue weighted by Crippen LogP contribution is 2.21. The van der Waals surface area contributed by atoms with E-state index in [1.54, 1.807) is 6.08 Å². The first-order valence-corrected chi connectivity index (χ1v) is 5.53. The van der Waals surface area contributed by atoms with Crippen molar-refractivity contribution in [1.29, 1.82) is 0 Å². The van der Waals surface area contributed by atoms with E-state index in [0.717, 1.165) is 0 Å². The van der Waals surface area contributed by atoms with Gasteiger partial charge < -0.3 is 15.4 Å². The fourth-order valence-corrected chi connectivity index (χ4v) is 1.62. The second kappa shape index (κ2) is 6.76. The Kier molecular flexibility index (Phi) is 5.32. The van der Waals surface area contributed by atoms with Crippen LogP contribution in [-0.4, -0.2) is 31.0 Å². The van der Waals surface area contributed by atoms with Crippen molar-refractivity contribution < 1.29 is 13.9 Å². The molecule has 0 unspecified atom stereocenters. The molecule has 2 N–H and O–H groups in total. The van der Waals surface area contributed by atoms with Gasteiger partial charge in [-0.05, 0) is 18.2 Å². The van der Waals surface area contributed by atoms with Gasteiger partial charge in [-0.3, -0.25) is 4.79 Å². The number of methoxy groups -OCH3 is 1. The first-order valence-electron chi connectivity index (χ1n) is 5.53. The van der Waals surface area contributed by atoms with Crippen LogP contribution in [0.4, 0.5) is 4.39 Å². The lowest BCUT2D eigenvalue weighted by molar-refractivity contribution is -0.129. The third-order valence-corrected chi connectivity index (χ3v) is 2.48. The summed E-state index contributed by atoms with van der Waals surface area (Å²) in [7, 11) is 1.50. The lowest BCUT2D eigenvalue weighted by atomic mass is 10.1. The summed E-state index contributed by atoms with van der Waals surface area (Å²) in [5.41, 5.74) is 5.92. The van der Waals surface area contributed by atoms with Gasteiger partial charge in [0.05, 0.1) is 13.7 Å². The first-order chi connectivity index (χ1) is 8.62. The van der Waals surface area contributed by atoms with Crippen LogP contribution in [0.1, 0.15) is 5.56 Å². The fraction of sp³-hybridized carbons (Fsp3) is 0.308. The summed E-state index contributed by atoms with van der Waals surface area (Å²) >= 11 is 0. The SMILES string of the molecule is C=CCN(Cc1cc(F)ccc1OC)C(=O)CN. The number of hydrogen-bond acceptors (Lipinski definition) is 3. The Balaban J connectivity index is 2.95. The van der Waals surface area contributed by atoms with Crippen LogP contribution in [0.2, 0.25) is 0 Å². The van der Waals surface area contributed by atoms with E-state index >= 15 is 0 Å². The molecule has 5 heteroatoms. The van der Waals surface area contributed by atoms with Crippen molar-refractivity contribution in [3.63, 3.8) is 0 Å². The second-order valence-corrected chi connectivity index (χ2v) is 3.72. The molecule has 1 aromatic rings. The van der Waals surface area contributed by atoms with Crippen LogP contribution in [0.25, 0.3) is 0 Å². The van der Waals surface area contributed by atoms with E-state index in [1.807, 2.05) is 0 Å². The van der Waals surface area contributed by atoms with Crippen LogP contribution in [0.3, 0.4) is 0 Å². The van der Waals surface area contributed by atoms with E-state index in [4.69, 9.17) is 10.5 Å². The van der Waals surface area contributed by atoms with Gasteiger partial charge in [-0.2, -0.15) is 0 Å². The number of ether oxygens (including phenoxy) is 1. The Hall–Kier alpha value is -1.88. The summed E-state index contributed by atoms with van der Waals surface area (Å²) < 4.78 is 18.3. The Morgan fingerprint density at radius 3 is 2.89 bits per heavy atom. The fourth-order valence-electron chi connectivity index (χ4n) is 1.62. The average Bonchev–Trinajstić information content (AvgIpc) is 2.37. The normalized spacial score (nSPS) is 9.94. The number of halogens is 1. The van der Waals surface area contributed by atoms with Crippen LogP contribution >= 0.6 is 0 Å². The van der Waals surface area contributed by atoms with Gasteiger partial charge in [-0.25, -0.2) is 4.39 Å². The average molecular weight is 252 g/mol. The van der Waals surface area contributed by atoms with Crippen LogP contribution < -0.4 is 10.5 Å². The zero-order valence-corrected chi connectivity index (χ0v) is 10.4. The lowest BCUT2D eigenvalue weighted by Crippen LogP contribution is -2.35. The molecule has 0 atom stereocenters. The Bertz CT molecular complexity index is 435. The topological polar surface area (TPSA) is 55.6 Å². The van der Waals surface area contributed by atoms with Crippen molar-refractivity contribution in [1.82, 2.24) is 4.90 Å². The number of nitrogens with zero attached hydrogens (tertiary/aromatic N) is 1. The summed E-state index contributed by atoms with van der Waals surface area (Å²) in [6, 6.07) is 4.19.